The number of hydrogen-bond donors (Lipinski definition) is 1. The van der Waals surface area contributed by atoms with Gasteiger partial charge in [0.2, 0.25) is 0 Å². The molecule has 0 unspecified atom stereocenters. The number of anilines is 1. The van der Waals surface area contributed by atoms with E-state index in [1.165, 1.54) is 5.56 Å². The lowest BCUT2D eigenvalue weighted by molar-refractivity contribution is 0.583. The van der Waals surface area contributed by atoms with Crippen LogP contribution in [0.25, 0.3) is 0 Å². The number of rotatable bonds is 6. The van der Waals surface area contributed by atoms with E-state index in [2.05, 4.69) is 46.6 Å². The smallest absolute Gasteiger partial charge is 0.185 e. The fraction of sp³-hybridized carbons (Fsp3) is 0.538. The zero-order chi connectivity index (χ0) is 13.8. The number of aryl methyl sites for hydroxylation is 1. The quantitative estimate of drug-likeness (QED) is 0.878. The molecule has 0 spiro atoms. The standard InChI is InChI=1S/C13H21N5S/c1-10(2)14-6-12-9-19-13(16-12)17(3)7-11-5-15-18(4)8-11/h5,8-10,14H,6-7H2,1-4H3. The molecule has 0 radical (unpaired) electrons. The first-order valence-corrected chi connectivity index (χ1v) is 7.29. The average molecular weight is 279 g/mol. The first-order chi connectivity index (χ1) is 9.04. The molecule has 0 aliphatic heterocycles. The van der Waals surface area contributed by atoms with Crippen molar-refractivity contribution in [3.63, 3.8) is 0 Å². The number of hydrogen-bond acceptors (Lipinski definition) is 5. The van der Waals surface area contributed by atoms with E-state index >= 15 is 0 Å². The number of nitrogens with zero attached hydrogens (tertiary/aromatic N) is 4. The molecule has 0 bridgehead atoms. The van der Waals surface area contributed by atoms with E-state index in [1.807, 2.05) is 24.1 Å². The van der Waals surface area contributed by atoms with E-state index in [9.17, 15) is 0 Å². The summed E-state index contributed by atoms with van der Waals surface area (Å²) in [6, 6.07) is 0.485. The molecule has 0 aliphatic rings. The third kappa shape index (κ3) is 4.04. The average Bonchev–Trinajstić information content (AvgIpc) is 2.95. The van der Waals surface area contributed by atoms with Crippen LogP contribution < -0.4 is 10.2 Å². The molecule has 0 amide bonds. The summed E-state index contributed by atoms with van der Waals surface area (Å²) >= 11 is 1.68. The van der Waals surface area contributed by atoms with Gasteiger partial charge in [0, 0.05) is 50.4 Å². The monoisotopic (exact) mass is 279 g/mol. The lowest BCUT2D eigenvalue weighted by Crippen LogP contribution is -2.22. The SMILES string of the molecule is CC(C)NCc1csc(N(C)Cc2cnn(C)c2)n1. The number of nitrogens with one attached hydrogen (secondary N) is 1. The van der Waals surface area contributed by atoms with Crippen molar-refractivity contribution in [2.75, 3.05) is 11.9 Å². The highest BCUT2D eigenvalue weighted by Crippen LogP contribution is 2.20. The molecule has 5 nitrogen and oxygen atoms in total. The summed E-state index contributed by atoms with van der Waals surface area (Å²) in [5.41, 5.74) is 2.30. The van der Waals surface area contributed by atoms with Crippen LogP contribution in [0.5, 0.6) is 0 Å². The van der Waals surface area contributed by atoms with Gasteiger partial charge in [0.05, 0.1) is 11.9 Å². The van der Waals surface area contributed by atoms with Gasteiger partial charge in [-0.2, -0.15) is 5.10 Å². The maximum Gasteiger partial charge on any atom is 0.185 e. The van der Waals surface area contributed by atoms with Gasteiger partial charge in [-0.05, 0) is 0 Å². The van der Waals surface area contributed by atoms with Crippen molar-refractivity contribution in [1.82, 2.24) is 20.1 Å². The Morgan fingerprint density at radius 1 is 1.47 bits per heavy atom. The fourth-order valence-corrected chi connectivity index (χ4v) is 2.55. The first-order valence-electron chi connectivity index (χ1n) is 6.41. The molecule has 0 saturated carbocycles. The summed E-state index contributed by atoms with van der Waals surface area (Å²) in [4.78, 5) is 6.79. The van der Waals surface area contributed by atoms with E-state index in [-0.39, 0.29) is 0 Å². The van der Waals surface area contributed by atoms with Gasteiger partial charge in [0.25, 0.3) is 0 Å². The Hall–Kier alpha value is -1.40. The van der Waals surface area contributed by atoms with Gasteiger partial charge in [0.15, 0.2) is 5.13 Å². The molecule has 104 valence electrons. The highest BCUT2D eigenvalue weighted by molar-refractivity contribution is 7.13. The van der Waals surface area contributed by atoms with E-state index < -0.39 is 0 Å². The minimum Gasteiger partial charge on any atom is -0.347 e. The zero-order valence-corrected chi connectivity index (χ0v) is 12.7. The molecule has 1 N–H and O–H groups in total. The maximum absolute atomic E-state index is 4.64. The molecular formula is C13H21N5S. The summed E-state index contributed by atoms with van der Waals surface area (Å²) in [6.07, 6.45) is 3.93. The highest BCUT2D eigenvalue weighted by atomic mass is 32.1. The van der Waals surface area contributed by atoms with Crippen LogP contribution >= 0.6 is 11.3 Å². The van der Waals surface area contributed by atoms with Crippen LogP contribution in [-0.4, -0.2) is 27.9 Å². The Bertz CT molecular complexity index is 517. The van der Waals surface area contributed by atoms with Crippen LogP contribution in [0.2, 0.25) is 0 Å². The van der Waals surface area contributed by atoms with Gasteiger partial charge in [-0.15, -0.1) is 11.3 Å². The third-order valence-corrected chi connectivity index (χ3v) is 3.74. The Labute approximate surface area is 118 Å². The second kappa shape index (κ2) is 6.16. The summed E-state index contributed by atoms with van der Waals surface area (Å²) in [7, 11) is 3.99. The summed E-state index contributed by atoms with van der Waals surface area (Å²) in [5.74, 6) is 0. The Balaban J connectivity index is 1.94. The van der Waals surface area contributed by atoms with Gasteiger partial charge in [-0.25, -0.2) is 4.98 Å². The Morgan fingerprint density at radius 2 is 2.26 bits per heavy atom. The molecule has 2 heterocycles. The second-order valence-corrected chi connectivity index (χ2v) is 5.87. The minimum atomic E-state index is 0.485. The molecule has 2 aromatic rings. The predicted octanol–water partition coefficient (Wildman–Crippen LogP) is 2.01. The normalized spacial score (nSPS) is 11.2. The molecule has 0 atom stereocenters. The van der Waals surface area contributed by atoms with Gasteiger partial charge < -0.3 is 10.2 Å². The van der Waals surface area contributed by atoms with Gasteiger partial charge in [-0.1, -0.05) is 13.8 Å². The van der Waals surface area contributed by atoms with E-state index in [1.54, 1.807) is 11.3 Å². The van der Waals surface area contributed by atoms with Gasteiger partial charge >= 0.3 is 0 Å². The molecule has 0 fully saturated rings. The topological polar surface area (TPSA) is 46.0 Å². The van der Waals surface area contributed by atoms with E-state index in [0.717, 1.165) is 23.9 Å². The lowest BCUT2D eigenvalue weighted by Gasteiger charge is -2.14. The van der Waals surface area contributed by atoms with Crippen molar-refractivity contribution < 1.29 is 0 Å². The van der Waals surface area contributed by atoms with Gasteiger partial charge in [0.1, 0.15) is 0 Å². The first kappa shape index (κ1) is 14.0. The van der Waals surface area contributed by atoms with Crippen LogP contribution in [0, 0.1) is 0 Å². The zero-order valence-electron chi connectivity index (χ0n) is 11.9. The van der Waals surface area contributed by atoms with Gasteiger partial charge in [-0.3, -0.25) is 4.68 Å². The molecule has 2 aromatic heterocycles. The van der Waals surface area contributed by atoms with Crippen LogP contribution in [0.3, 0.4) is 0 Å². The second-order valence-electron chi connectivity index (χ2n) is 5.04. The molecule has 0 aromatic carbocycles. The molecule has 19 heavy (non-hydrogen) atoms. The number of aromatic nitrogens is 3. The van der Waals surface area contributed by atoms with E-state index in [0.29, 0.717) is 6.04 Å². The Kier molecular flexibility index (Phi) is 4.55. The van der Waals surface area contributed by atoms with Crippen LogP contribution in [0.15, 0.2) is 17.8 Å². The van der Waals surface area contributed by atoms with Crippen molar-refractivity contribution in [2.24, 2.45) is 7.05 Å². The van der Waals surface area contributed by atoms with Crippen LogP contribution in [0.1, 0.15) is 25.1 Å². The summed E-state index contributed by atoms with van der Waals surface area (Å²) < 4.78 is 1.82. The molecule has 2 rings (SSSR count). The van der Waals surface area contributed by atoms with Crippen molar-refractivity contribution in [2.45, 2.75) is 33.0 Å². The third-order valence-electron chi connectivity index (χ3n) is 2.74. The Morgan fingerprint density at radius 3 is 2.89 bits per heavy atom. The minimum absolute atomic E-state index is 0.485. The highest BCUT2D eigenvalue weighted by Gasteiger charge is 2.08. The van der Waals surface area contributed by atoms with Crippen molar-refractivity contribution in [3.05, 3.63) is 29.0 Å². The van der Waals surface area contributed by atoms with Crippen molar-refractivity contribution in [3.8, 4) is 0 Å². The van der Waals surface area contributed by atoms with Crippen molar-refractivity contribution in [1.29, 1.82) is 0 Å². The number of thiazole rings is 1. The molecule has 0 saturated heterocycles. The largest absolute Gasteiger partial charge is 0.347 e. The molecule has 6 heteroatoms. The molecular weight excluding hydrogens is 258 g/mol. The van der Waals surface area contributed by atoms with Crippen LogP contribution in [0.4, 0.5) is 5.13 Å². The fourth-order valence-electron chi connectivity index (χ4n) is 1.76. The van der Waals surface area contributed by atoms with E-state index in [4.69, 9.17) is 0 Å². The lowest BCUT2D eigenvalue weighted by atomic mass is 10.3. The summed E-state index contributed by atoms with van der Waals surface area (Å²) in [6.45, 7) is 5.94. The van der Waals surface area contributed by atoms with Crippen LogP contribution in [-0.2, 0) is 20.1 Å². The predicted molar refractivity (Wildman–Crippen MR) is 79.4 cm³/mol. The summed E-state index contributed by atoms with van der Waals surface area (Å²) in [5, 5.41) is 10.7. The molecule has 0 aliphatic carbocycles. The maximum atomic E-state index is 4.64. The van der Waals surface area contributed by atoms with Crippen molar-refractivity contribution >= 4 is 16.5 Å².